The number of rotatable bonds is 6. The zero-order valence-corrected chi connectivity index (χ0v) is 13.6. The van der Waals surface area contributed by atoms with Gasteiger partial charge in [0.05, 0.1) is 0 Å². The summed E-state index contributed by atoms with van der Waals surface area (Å²) in [6.45, 7) is -1.20. The van der Waals surface area contributed by atoms with Gasteiger partial charge in [-0.2, -0.15) is 8.78 Å². The lowest BCUT2D eigenvalue weighted by atomic mass is 9.98. The molecule has 0 fully saturated rings. The van der Waals surface area contributed by atoms with Crippen molar-refractivity contribution in [1.29, 1.82) is 0 Å². The summed E-state index contributed by atoms with van der Waals surface area (Å²) in [6.07, 6.45) is 2.04. The van der Waals surface area contributed by atoms with Crippen molar-refractivity contribution in [1.82, 2.24) is 10.9 Å². The van der Waals surface area contributed by atoms with Gasteiger partial charge in [-0.15, -0.1) is 0 Å². The molecule has 0 unspecified atom stereocenters. The second-order valence-corrected chi connectivity index (χ2v) is 5.70. The third-order valence-corrected chi connectivity index (χ3v) is 4.09. The minimum atomic E-state index is -2.81. The fourth-order valence-electron chi connectivity index (χ4n) is 3.05. The molecule has 0 saturated carbocycles. The number of alkyl halides is 2. The highest BCUT2D eigenvalue weighted by molar-refractivity contribution is 5.69. The van der Waals surface area contributed by atoms with Gasteiger partial charge in [-0.05, 0) is 49.2 Å². The first-order valence-electron chi connectivity index (χ1n) is 8.01. The van der Waals surface area contributed by atoms with Crippen molar-refractivity contribution in [2.24, 2.45) is 0 Å². The first-order chi connectivity index (χ1) is 11.7. The molecule has 0 aliphatic carbocycles. The van der Waals surface area contributed by atoms with Crippen molar-refractivity contribution in [3.8, 4) is 5.75 Å². The molecule has 1 aliphatic heterocycles. The van der Waals surface area contributed by atoms with Crippen LogP contribution in [-0.2, 0) is 13.0 Å². The zero-order valence-electron chi connectivity index (χ0n) is 13.6. The number of anilines is 2. The molecule has 0 saturated heterocycles. The lowest BCUT2D eigenvalue weighted by molar-refractivity contribution is -0.0498. The fourth-order valence-corrected chi connectivity index (χ4v) is 3.05. The Bertz CT molecular complexity index is 694. The van der Waals surface area contributed by atoms with Gasteiger partial charge < -0.3 is 9.64 Å². The summed E-state index contributed by atoms with van der Waals surface area (Å²) in [5.41, 5.74) is 10.5. The summed E-state index contributed by atoms with van der Waals surface area (Å²) in [6, 6.07) is 13.3. The topological polar surface area (TPSA) is 36.5 Å². The van der Waals surface area contributed by atoms with Crippen molar-refractivity contribution < 1.29 is 13.5 Å². The number of hydrogen-bond donors (Lipinski definition) is 2. The summed E-state index contributed by atoms with van der Waals surface area (Å²) < 4.78 is 29.4. The third-order valence-electron chi connectivity index (χ3n) is 4.09. The van der Waals surface area contributed by atoms with E-state index in [-0.39, 0.29) is 5.75 Å². The van der Waals surface area contributed by atoms with E-state index >= 15 is 0 Å². The molecule has 24 heavy (non-hydrogen) atoms. The SMILES string of the molecule is CNNCc1ccc2c(c1)CCCN2c1cccc(OC(F)F)c1. The molecule has 0 radical (unpaired) electrons. The number of hydrazine groups is 1. The first-order valence-corrected chi connectivity index (χ1v) is 8.01. The number of halogens is 2. The predicted molar refractivity (Wildman–Crippen MR) is 90.7 cm³/mol. The summed E-state index contributed by atoms with van der Waals surface area (Å²) in [7, 11) is 1.84. The Labute approximate surface area is 140 Å². The van der Waals surface area contributed by atoms with E-state index in [1.54, 1.807) is 18.2 Å². The smallest absolute Gasteiger partial charge is 0.387 e. The molecule has 2 N–H and O–H groups in total. The van der Waals surface area contributed by atoms with Crippen LogP contribution in [0.3, 0.4) is 0 Å². The number of ether oxygens (including phenoxy) is 1. The molecule has 6 heteroatoms. The van der Waals surface area contributed by atoms with Gasteiger partial charge in [0.25, 0.3) is 0 Å². The molecule has 0 spiro atoms. The molecule has 128 valence electrons. The summed E-state index contributed by atoms with van der Waals surface area (Å²) in [5, 5.41) is 0. The van der Waals surface area contributed by atoms with Gasteiger partial charge in [0.2, 0.25) is 0 Å². The highest BCUT2D eigenvalue weighted by Crippen LogP contribution is 2.35. The highest BCUT2D eigenvalue weighted by atomic mass is 19.3. The Morgan fingerprint density at radius 3 is 2.88 bits per heavy atom. The Kier molecular flexibility index (Phi) is 5.27. The van der Waals surface area contributed by atoms with Crippen LogP contribution in [0.5, 0.6) is 5.75 Å². The Morgan fingerprint density at radius 2 is 2.08 bits per heavy atom. The number of fused-ring (bicyclic) bond motifs is 1. The van der Waals surface area contributed by atoms with Gasteiger partial charge in [0.1, 0.15) is 5.75 Å². The molecule has 2 aromatic rings. The molecule has 1 heterocycles. The van der Waals surface area contributed by atoms with Crippen molar-refractivity contribution in [3.05, 3.63) is 53.6 Å². The van der Waals surface area contributed by atoms with Crippen LogP contribution >= 0.6 is 0 Å². The van der Waals surface area contributed by atoms with Crippen LogP contribution in [0.25, 0.3) is 0 Å². The quantitative estimate of drug-likeness (QED) is 0.792. The van der Waals surface area contributed by atoms with Crippen LogP contribution in [0.2, 0.25) is 0 Å². The monoisotopic (exact) mass is 333 g/mol. The van der Waals surface area contributed by atoms with E-state index in [1.807, 2.05) is 13.1 Å². The van der Waals surface area contributed by atoms with E-state index in [1.165, 1.54) is 11.1 Å². The number of hydrogen-bond acceptors (Lipinski definition) is 4. The molecule has 0 atom stereocenters. The zero-order chi connectivity index (χ0) is 16.9. The third kappa shape index (κ3) is 3.83. The summed E-state index contributed by atoms with van der Waals surface area (Å²) in [5.74, 6) is 0.185. The van der Waals surface area contributed by atoms with E-state index in [9.17, 15) is 8.78 Å². The maximum absolute atomic E-state index is 12.4. The van der Waals surface area contributed by atoms with Crippen LogP contribution in [0.1, 0.15) is 17.5 Å². The maximum atomic E-state index is 12.4. The van der Waals surface area contributed by atoms with Crippen molar-refractivity contribution in [2.75, 3.05) is 18.5 Å². The van der Waals surface area contributed by atoms with Crippen LogP contribution < -0.4 is 20.5 Å². The molecule has 2 aromatic carbocycles. The Balaban J connectivity index is 1.86. The number of benzene rings is 2. The van der Waals surface area contributed by atoms with Gasteiger partial charge in [-0.1, -0.05) is 18.2 Å². The van der Waals surface area contributed by atoms with Gasteiger partial charge in [0.15, 0.2) is 0 Å². The normalized spacial score (nSPS) is 13.9. The van der Waals surface area contributed by atoms with Crippen molar-refractivity contribution in [2.45, 2.75) is 26.0 Å². The molecular weight excluding hydrogens is 312 g/mol. The second-order valence-electron chi connectivity index (χ2n) is 5.70. The Hall–Kier alpha value is -2.18. The summed E-state index contributed by atoms with van der Waals surface area (Å²) in [4.78, 5) is 2.16. The van der Waals surface area contributed by atoms with Crippen molar-refractivity contribution in [3.63, 3.8) is 0 Å². The second kappa shape index (κ2) is 7.59. The molecule has 1 aliphatic rings. The Morgan fingerprint density at radius 1 is 1.21 bits per heavy atom. The van der Waals surface area contributed by atoms with Gasteiger partial charge in [0, 0.05) is 30.5 Å². The average Bonchev–Trinajstić information content (AvgIpc) is 2.59. The maximum Gasteiger partial charge on any atom is 0.387 e. The van der Waals surface area contributed by atoms with E-state index in [0.717, 1.165) is 37.3 Å². The lowest BCUT2D eigenvalue weighted by Crippen LogP contribution is -2.27. The van der Waals surface area contributed by atoms with Crippen LogP contribution in [-0.4, -0.2) is 20.2 Å². The van der Waals surface area contributed by atoms with Crippen LogP contribution in [0.4, 0.5) is 20.2 Å². The van der Waals surface area contributed by atoms with E-state index in [0.29, 0.717) is 0 Å². The predicted octanol–water partition coefficient (Wildman–Crippen LogP) is 3.60. The van der Waals surface area contributed by atoms with Gasteiger partial charge in [-0.25, -0.2) is 0 Å². The number of aryl methyl sites for hydroxylation is 1. The average molecular weight is 333 g/mol. The number of nitrogens with one attached hydrogen (secondary N) is 2. The van der Waals surface area contributed by atoms with Crippen molar-refractivity contribution >= 4 is 11.4 Å². The highest BCUT2D eigenvalue weighted by Gasteiger charge is 2.19. The first kappa shape index (κ1) is 16.7. The number of nitrogens with zero attached hydrogens (tertiary/aromatic N) is 1. The molecule has 4 nitrogen and oxygen atoms in total. The van der Waals surface area contributed by atoms with E-state index in [4.69, 9.17) is 0 Å². The molecule has 3 rings (SSSR count). The van der Waals surface area contributed by atoms with Gasteiger partial charge in [-0.3, -0.25) is 10.9 Å². The molecule has 0 bridgehead atoms. The van der Waals surface area contributed by atoms with E-state index in [2.05, 4.69) is 38.7 Å². The molecule has 0 aromatic heterocycles. The van der Waals surface area contributed by atoms with E-state index < -0.39 is 6.61 Å². The largest absolute Gasteiger partial charge is 0.435 e. The van der Waals surface area contributed by atoms with Gasteiger partial charge >= 0.3 is 6.61 Å². The molecule has 0 amide bonds. The lowest BCUT2D eigenvalue weighted by Gasteiger charge is -2.32. The standard InChI is InChI=1S/C18H21F2N3O/c1-21-22-12-13-7-8-17-14(10-13)4-3-9-23(17)15-5-2-6-16(11-15)24-18(19)20/h2,5-8,10-11,18,21-22H,3-4,9,12H2,1H3. The molecular formula is C18H21F2N3O. The summed E-state index contributed by atoms with van der Waals surface area (Å²) >= 11 is 0. The fraction of sp³-hybridized carbons (Fsp3) is 0.333. The van der Waals surface area contributed by atoms with Crippen LogP contribution in [0.15, 0.2) is 42.5 Å². The minimum Gasteiger partial charge on any atom is -0.435 e. The minimum absolute atomic E-state index is 0.185. The van der Waals surface area contributed by atoms with Crippen LogP contribution in [0, 0.1) is 0 Å².